The summed E-state index contributed by atoms with van der Waals surface area (Å²) in [5.41, 5.74) is -1.15. The summed E-state index contributed by atoms with van der Waals surface area (Å²) in [4.78, 5) is 13.1. The maximum Gasteiger partial charge on any atom is 0.417 e. The smallest absolute Gasteiger partial charge is 0.417 e. The zero-order valence-corrected chi connectivity index (χ0v) is 12.4. The van der Waals surface area contributed by atoms with Crippen LogP contribution in [-0.4, -0.2) is 7.05 Å². The third-order valence-electron chi connectivity index (χ3n) is 3.63. The van der Waals surface area contributed by atoms with Crippen LogP contribution < -0.4 is 10.5 Å². The summed E-state index contributed by atoms with van der Waals surface area (Å²) < 4.78 is 57.0. The fraction of sp³-hybridized carbons (Fsp3) is 0.118. The minimum absolute atomic E-state index is 0.165. The Bertz CT molecular complexity index is 945. The van der Waals surface area contributed by atoms with Gasteiger partial charge in [-0.15, -0.1) is 0 Å². The maximum absolute atomic E-state index is 13.0. The summed E-state index contributed by atoms with van der Waals surface area (Å²) in [7, 11) is 1.67. The van der Waals surface area contributed by atoms with E-state index in [9.17, 15) is 22.4 Å². The first-order valence-corrected chi connectivity index (χ1v) is 6.90. The van der Waals surface area contributed by atoms with Crippen LogP contribution in [0.3, 0.4) is 0 Å². The van der Waals surface area contributed by atoms with Gasteiger partial charge in [-0.1, -0.05) is 0 Å². The van der Waals surface area contributed by atoms with Gasteiger partial charge in [0.2, 0.25) is 0 Å². The number of rotatable bonds is 2. The number of hydrogen-bond donors (Lipinski definition) is 0. The Labute approximate surface area is 133 Å². The first-order valence-electron chi connectivity index (χ1n) is 6.90. The summed E-state index contributed by atoms with van der Waals surface area (Å²) in [5, 5.41) is -0.196. The molecular formula is C17H11F4NO2. The molecule has 0 aliphatic heterocycles. The molecule has 0 saturated heterocycles. The summed E-state index contributed by atoms with van der Waals surface area (Å²) in [6.07, 6.45) is -4.65. The molecule has 3 rings (SSSR count). The lowest BCUT2D eigenvalue weighted by Crippen LogP contribution is -2.12. The lowest BCUT2D eigenvalue weighted by atomic mass is 10.1. The van der Waals surface area contributed by atoms with Gasteiger partial charge >= 0.3 is 11.8 Å². The van der Waals surface area contributed by atoms with E-state index in [0.29, 0.717) is 17.4 Å². The van der Waals surface area contributed by atoms with Gasteiger partial charge in [0.15, 0.2) is 0 Å². The minimum atomic E-state index is -4.65. The number of anilines is 2. The van der Waals surface area contributed by atoms with E-state index in [-0.39, 0.29) is 11.0 Å². The van der Waals surface area contributed by atoms with E-state index in [1.807, 2.05) is 0 Å². The monoisotopic (exact) mass is 337 g/mol. The molecule has 3 aromatic rings. The Kier molecular flexibility index (Phi) is 3.79. The summed E-state index contributed by atoms with van der Waals surface area (Å²) in [6, 6.07) is 10.1. The predicted octanol–water partition coefficient (Wildman–Crippen LogP) is 4.72. The molecule has 2 aromatic carbocycles. The van der Waals surface area contributed by atoms with E-state index in [1.54, 1.807) is 11.9 Å². The van der Waals surface area contributed by atoms with Crippen molar-refractivity contribution in [3.8, 4) is 0 Å². The molecule has 124 valence electrons. The standard InChI is InChI=1S/C17H11F4NO2/c1-22(11-4-2-10(18)3-5-11)12-6-7-13-14(17(19,20)21)9-16(23)24-15(13)8-12/h2-9H,1H3. The first kappa shape index (κ1) is 16.0. The lowest BCUT2D eigenvalue weighted by Gasteiger charge is -2.20. The zero-order chi connectivity index (χ0) is 17.5. The van der Waals surface area contributed by atoms with Crippen molar-refractivity contribution >= 4 is 22.3 Å². The fourth-order valence-electron chi connectivity index (χ4n) is 2.41. The van der Waals surface area contributed by atoms with Crippen molar-refractivity contribution in [3.63, 3.8) is 0 Å². The molecule has 0 N–H and O–H groups in total. The molecule has 1 aromatic heterocycles. The van der Waals surface area contributed by atoms with E-state index in [0.717, 1.165) is 0 Å². The van der Waals surface area contributed by atoms with Crippen LogP contribution in [0.4, 0.5) is 28.9 Å². The quantitative estimate of drug-likeness (QED) is 0.501. The van der Waals surface area contributed by atoms with E-state index in [1.165, 1.54) is 42.5 Å². The predicted molar refractivity (Wildman–Crippen MR) is 81.9 cm³/mol. The van der Waals surface area contributed by atoms with Crippen LogP contribution in [0, 0.1) is 5.82 Å². The molecule has 0 unspecified atom stereocenters. The molecular weight excluding hydrogens is 326 g/mol. The summed E-state index contributed by atoms with van der Waals surface area (Å²) >= 11 is 0. The number of benzene rings is 2. The van der Waals surface area contributed by atoms with Crippen LogP contribution in [0.5, 0.6) is 0 Å². The van der Waals surface area contributed by atoms with Gasteiger partial charge in [0.1, 0.15) is 11.4 Å². The number of fused-ring (bicyclic) bond motifs is 1. The molecule has 7 heteroatoms. The van der Waals surface area contributed by atoms with Crippen LogP contribution in [0.15, 0.2) is 57.7 Å². The summed E-state index contributed by atoms with van der Waals surface area (Å²) in [5.74, 6) is -0.397. The van der Waals surface area contributed by atoms with Gasteiger partial charge < -0.3 is 9.32 Å². The summed E-state index contributed by atoms with van der Waals surface area (Å²) in [6.45, 7) is 0. The Morgan fingerprint density at radius 3 is 2.21 bits per heavy atom. The second-order valence-electron chi connectivity index (χ2n) is 5.19. The molecule has 3 nitrogen and oxygen atoms in total. The van der Waals surface area contributed by atoms with Crippen molar-refractivity contribution in [1.29, 1.82) is 0 Å². The topological polar surface area (TPSA) is 33.5 Å². The minimum Gasteiger partial charge on any atom is -0.423 e. The zero-order valence-electron chi connectivity index (χ0n) is 12.4. The Morgan fingerprint density at radius 2 is 1.58 bits per heavy atom. The highest BCUT2D eigenvalue weighted by atomic mass is 19.4. The molecule has 1 heterocycles. The van der Waals surface area contributed by atoms with Gasteiger partial charge in [0.25, 0.3) is 0 Å². The van der Waals surface area contributed by atoms with Crippen molar-refractivity contribution in [2.45, 2.75) is 6.18 Å². The first-order chi connectivity index (χ1) is 11.3. The van der Waals surface area contributed by atoms with Gasteiger partial charge in [-0.25, -0.2) is 9.18 Å². The van der Waals surface area contributed by atoms with Crippen molar-refractivity contribution in [3.05, 3.63) is 70.3 Å². The second kappa shape index (κ2) is 5.67. The number of hydrogen-bond acceptors (Lipinski definition) is 3. The lowest BCUT2D eigenvalue weighted by molar-refractivity contribution is -0.136. The van der Waals surface area contributed by atoms with Crippen LogP contribution in [0.2, 0.25) is 0 Å². The van der Waals surface area contributed by atoms with E-state index in [4.69, 9.17) is 4.42 Å². The van der Waals surface area contributed by atoms with Crippen LogP contribution >= 0.6 is 0 Å². The number of nitrogens with zero attached hydrogens (tertiary/aromatic N) is 1. The molecule has 0 fully saturated rings. The van der Waals surface area contributed by atoms with Gasteiger partial charge in [0.05, 0.1) is 5.56 Å². The van der Waals surface area contributed by atoms with Crippen LogP contribution in [0.1, 0.15) is 5.56 Å². The highest BCUT2D eigenvalue weighted by molar-refractivity contribution is 5.85. The van der Waals surface area contributed by atoms with E-state index in [2.05, 4.69) is 0 Å². The molecule has 0 radical (unpaired) electrons. The van der Waals surface area contributed by atoms with Crippen LogP contribution in [0.25, 0.3) is 11.0 Å². The van der Waals surface area contributed by atoms with E-state index < -0.39 is 23.2 Å². The molecule has 0 amide bonds. The molecule has 0 atom stereocenters. The number of halogens is 4. The Morgan fingerprint density at radius 1 is 0.958 bits per heavy atom. The SMILES string of the molecule is CN(c1ccc(F)cc1)c1ccc2c(C(F)(F)F)cc(=O)oc2c1. The van der Waals surface area contributed by atoms with Crippen molar-refractivity contribution < 1.29 is 22.0 Å². The van der Waals surface area contributed by atoms with E-state index >= 15 is 0 Å². The third kappa shape index (κ3) is 2.97. The largest absolute Gasteiger partial charge is 0.423 e. The fourth-order valence-corrected chi connectivity index (χ4v) is 2.41. The third-order valence-corrected chi connectivity index (χ3v) is 3.63. The van der Waals surface area contributed by atoms with Crippen molar-refractivity contribution in [1.82, 2.24) is 0 Å². The van der Waals surface area contributed by atoms with Gasteiger partial charge in [-0.2, -0.15) is 13.2 Å². The van der Waals surface area contributed by atoms with Gasteiger partial charge in [-0.3, -0.25) is 0 Å². The number of alkyl halides is 3. The second-order valence-corrected chi connectivity index (χ2v) is 5.19. The average molecular weight is 337 g/mol. The molecule has 24 heavy (non-hydrogen) atoms. The molecule has 0 aliphatic rings. The van der Waals surface area contributed by atoms with Gasteiger partial charge in [0, 0.05) is 35.9 Å². The van der Waals surface area contributed by atoms with Crippen LogP contribution in [-0.2, 0) is 6.18 Å². The highest BCUT2D eigenvalue weighted by Gasteiger charge is 2.33. The van der Waals surface area contributed by atoms with Crippen molar-refractivity contribution in [2.24, 2.45) is 0 Å². The Hall–Kier alpha value is -2.83. The Balaban J connectivity index is 2.12. The highest BCUT2D eigenvalue weighted by Crippen LogP contribution is 2.35. The molecule has 0 spiro atoms. The molecule has 0 saturated carbocycles. The average Bonchev–Trinajstić information content (AvgIpc) is 2.52. The maximum atomic E-state index is 13.0. The molecule has 0 bridgehead atoms. The van der Waals surface area contributed by atoms with Crippen molar-refractivity contribution in [2.75, 3.05) is 11.9 Å². The van der Waals surface area contributed by atoms with Gasteiger partial charge in [-0.05, 0) is 36.4 Å². The normalized spacial score (nSPS) is 11.7. The molecule has 0 aliphatic carbocycles.